The van der Waals surface area contributed by atoms with Crippen LogP contribution in [-0.2, 0) is 0 Å². The van der Waals surface area contributed by atoms with Gasteiger partial charge < -0.3 is 15.8 Å². The number of nitrogens with two attached hydrogens (primary N) is 1. The van der Waals surface area contributed by atoms with Gasteiger partial charge in [0.25, 0.3) is 5.91 Å². The third-order valence-corrected chi connectivity index (χ3v) is 3.55. The zero-order valence-corrected chi connectivity index (χ0v) is 13.9. The molecule has 0 atom stereocenters. The van der Waals surface area contributed by atoms with Crippen LogP contribution in [0.1, 0.15) is 15.9 Å². The van der Waals surface area contributed by atoms with E-state index in [2.05, 4.69) is 11.9 Å². The van der Waals surface area contributed by atoms with Gasteiger partial charge in [0.15, 0.2) is 0 Å². The number of hydrogen-bond donors (Lipinski definition) is 2. The third-order valence-electron chi connectivity index (χ3n) is 3.26. The number of amides is 1. The molecular formula is C18H15ClFN3O2. The summed E-state index contributed by atoms with van der Waals surface area (Å²) in [5, 5.41) is 11.7. The highest BCUT2D eigenvalue weighted by Gasteiger charge is 2.11. The molecule has 0 saturated heterocycles. The third kappa shape index (κ3) is 4.80. The second-order valence-electron chi connectivity index (χ2n) is 5.15. The average molecular weight is 360 g/mol. The van der Waals surface area contributed by atoms with E-state index in [1.807, 2.05) is 0 Å². The van der Waals surface area contributed by atoms with Crippen LogP contribution < -0.4 is 15.8 Å². The lowest BCUT2D eigenvalue weighted by Crippen LogP contribution is -2.13. The largest absolute Gasteiger partial charge is 0.488 e. The molecule has 0 bridgehead atoms. The molecule has 0 saturated carbocycles. The molecule has 7 heteroatoms. The number of carbonyl (C=O) groups excluding carboxylic acids is 1. The SMILES string of the molecule is C=C(CN)COc1ccc(C(=O)Nc2ccc(F)c(C#N)c2)cc1Cl. The lowest BCUT2D eigenvalue weighted by molar-refractivity contribution is 0.102. The van der Waals surface area contributed by atoms with Crippen LogP contribution in [0.25, 0.3) is 0 Å². The van der Waals surface area contributed by atoms with E-state index in [1.54, 1.807) is 12.1 Å². The quantitative estimate of drug-likeness (QED) is 0.773. The highest BCUT2D eigenvalue weighted by atomic mass is 35.5. The van der Waals surface area contributed by atoms with Crippen molar-refractivity contribution in [2.45, 2.75) is 0 Å². The van der Waals surface area contributed by atoms with Crippen LogP contribution in [-0.4, -0.2) is 19.1 Å². The van der Waals surface area contributed by atoms with Crippen molar-refractivity contribution in [2.24, 2.45) is 5.73 Å². The van der Waals surface area contributed by atoms with Crippen LogP contribution in [0.4, 0.5) is 10.1 Å². The molecule has 0 aromatic heterocycles. The van der Waals surface area contributed by atoms with Crippen molar-refractivity contribution in [1.82, 2.24) is 0 Å². The summed E-state index contributed by atoms with van der Waals surface area (Å²) in [6.45, 7) is 4.26. The normalized spacial score (nSPS) is 10.0. The zero-order chi connectivity index (χ0) is 18.4. The van der Waals surface area contributed by atoms with Crippen LogP contribution in [0.2, 0.25) is 5.02 Å². The summed E-state index contributed by atoms with van der Waals surface area (Å²) in [7, 11) is 0. The number of hydrogen-bond acceptors (Lipinski definition) is 4. The van der Waals surface area contributed by atoms with Crippen LogP contribution in [0.3, 0.4) is 0 Å². The second-order valence-corrected chi connectivity index (χ2v) is 5.56. The van der Waals surface area contributed by atoms with Gasteiger partial charge in [-0.1, -0.05) is 18.2 Å². The topological polar surface area (TPSA) is 88.1 Å². The summed E-state index contributed by atoms with van der Waals surface area (Å²) < 4.78 is 18.8. The zero-order valence-electron chi connectivity index (χ0n) is 13.2. The Bertz CT molecular complexity index is 862. The molecule has 0 aliphatic carbocycles. The first kappa shape index (κ1) is 18.5. The van der Waals surface area contributed by atoms with Crippen LogP contribution >= 0.6 is 11.6 Å². The standard InChI is InChI=1S/C18H15ClFN3O2/c1-11(8-21)10-25-17-5-2-12(7-15(17)19)18(24)23-14-3-4-16(20)13(6-14)9-22/h2-7H,1,8,10,21H2,(H,23,24). The second kappa shape index (κ2) is 8.29. The predicted octanol–water partition coefficient (Wildman–Crippen LogP) is 3.50. The summed E-state index contributed by atoms with van der Waals surface area (Å²) in [6.07, 6.45) is 0. The average Bonchev–Trinajstić information content (AvgIpc) is 2.61. The highest BCUT2D eigenvalue weighted by molar-refractivity contribution is 6.32. The molecule has 25 heavy (non-hydrogen) atoms. The molecule has 2 aromatic carbocycles. The maximum absolute atomic E-state index is 13.3. The van der Waals surface area contributed by atoms with E-state index in [-0.39, 0.29) is 22.8 Å². The van der Waals surface area contributed by atoms with Gasteiger partial charge in [-0.3, -0.25) is 4.79 Å². The number of benzene rings is 2. The Kier molecular flexibility index (Phi) is 6.12. The fourth-order valence-electron chi connectivity index (χ4n) is 1.89. The van der Waals surface area contributed by atoms with Gasteiger partial charge in [0, 0.05) is 17.8 Å². The predicted molar refractivity (Wildman–Crippen MR) is 94.2 cm³/mol. The van der Waals surface area contributed by atoms with Gasteiger partial charge in [-0.2, -0.15) is 5.26 Å². The van der Waals surface area contributed by atoms with Crippen molar-refractivity contribution in [3.8, 4) is 11.8 Å². The van der Waals surface area contributed by atoms with Gasteiger partial charge in [-0.05, 0) is 42.0 Å². The van der Waals surface area contributed by atoms with Crippen LogP contribution in [0.5, 0.6) is 5.75 Å². The number of anilines is 1. The van der Waals surface area contributed by atoms with Crippen molar-refractivity contribution in [1.29, 1.82) is 5.26 Å². The minimum atomic E-state index is -0.649. The Balaban J connectivity index is 2.11. The lowest BCUT2D eigenvalue weighted by Gasteiger charge is -2.11. The number of carbonyl (C=O) groups is 1. The number of nitrogens with one attached hydrogen (secondary N) is 1. The fourth-order valence-corrected chi connectivity index (χ4v) is 2.12. The molecule has 0 heterocycles. The lowest BCUT2D eigenvalue weighted by atomic mass is 10.1. The first-order valence-electron chi connectivity index (χ1n) is 7.24. The first-order chi connectivity index (χ1) is 11.9. The molecule has 1 amide bonds. The molecule has 3 N–H and O–H groups in total. The molecule has 0 radical (unpaired) electrons. The molecule has 2 aromatic rings. The number of halogens is 2. The molecule has 128 valence electrons. The maximum Gasteiger partial charge on any atom is 0.255 e. The summed E-state index contributed by atoms with van der Waals surface area (Å²) in [5.74, 6) is -0.694. The first-order valence-corrected chi connectivity index (χ1v) is 7.62. The van der Waals surface area contributed by atoms with E-state index in [4.69, 9.17) is 27.3 Å². The Morgan fingerprint density at radius 1 is 1.36 bits per heavy atom. The van der Waals surface area contributed by atoms with Crippen molar-refractivity contribution in [2.75, 3.05) is 18.5 Å². The smallest absolute Gasteiger partial charge is 0.255 e. The minimum Gasteiger partial charge on any atom is -0.488 e. The van der Waals surface area contributed by atoms with Crippen molar-refractivity contribution >= 4 is 23.2 Å². The number of ether oxygens (including phenoxy) is 1. The van der Waals surface area contributed by atoms with Gasteiger partial charge >= 0.3 is 0 Å². The van der Waals surface area contributed by atoms with Gasteiger partial charge in [-0.15, -0.1) is 0 Å². The molecule has 0 unspecified atom stereocenters. The van der Waals surface area contributed by atoms with Gasteiger partial charge in [0.05, 0.1) is 10.6 Å². The van der Waals surface area contributed by atoms with E-state index in [1.165, 1.54) is 24.3 Å². The number of rotatable bonds is 6. The van der Waals surface area contributed by atoms with Gasteiger partial charge in [0.2, 0.25) is 0 Å². The molecule has 0 aliphatic heterocycles. The maximum atomic E-state index is 13.3. The van der Waals surface area contributed by atoms with E-state index < -0.39 is 11.7 Å². The van der Waals surface area contributed by atoms with E-state index in [0.29, 0.717) is 23.6 Å². The summed E-state index contributed by atoms with van der Waals surface area (Å²) >= 11 is 6.11. The van der Waals surface area contributed by atoms with E-state index in [0.717, 1.165) is 6.07 Å². The number of nitriles is 1. The van der Waals surface area contributed by atoms with Gasteiger partial charge in [0.1, 0.15) is 24.2 Å². The molecular weight excluding hydrogens is 345 g/mol. The fraction of sp³-hybridized carbons (Fsp3) is 0.111. The summed E-state index contributed by atoms with van der Waals surface area (Å²) in [4.78, 5) is 12.3. The van der Waals surface area contributed by atoms with Crippen LogP contribution in [0, 0.1) is 17.1 Å². The van der Waals surface area contributed by atoms with Gasteiger partial charge in [-0.25, -0.2) is 4.39 Å². The monoisotopic (exact) mass is 359 g/mol. The molecule has 2 rings (SSSR count). The van der Waals surface area contributed by atoms with Crippen molar-refractivity contribution in [3.05, 3.63) is 70.5 Å². The van der Waals surface area contributed by atoms with Crippen molar-refractivity contribution < 1.29 is 13.9 Å². The molecule has 5 nitrogen and oxygen atoms in total. The van der Waals surface area contributed by atoms with E-state index in [9.17, 15) is 9.18 Å². The Morgan fingerprint density at radius 2 is 2.12 bits per heavy atom. The summed E-state index contributed by atoms with van der Waals surface area (Å²) in [5.41, 5.74) is 6.58. The minimum absolute atomic E-state index is 0.153. The molecule has 0 fully saturated rings. The van der Waals surface area contributed by atoms with E-state index >= 15 is 0 Å². The Hall–Kier alpha value is -2.88. The molecule has 0 spiro atoms. The van der Waals surface area contributed by atoms with Crippen molar-refractivity contribution in [3.63, 3.8) is 0 Å². The Morgan fingerprint density at radius 3 is 2.76 bits per heavy atom. The van der Waals surface area contributed by atoms with Crippen LogP contribution in [0.15, 0.2) is 48.6 Å². The Labute approximate surface area is 149 Å². The summed E-state index contributed by atoms with van der Waals surface area (Å²) in [6, 6.07) is 10.00. The number of nitrogens with zero attached hydrogens (tertiary/aromatic N) is 1. The molecule has 0 aliphatic rings. The highest BCUT2D eigenvalue weighted by Crippen LogP contribution is 2.26.